The van der Waals surface area contributed by atoms with Crippen LogP contribution in [0.15, 0.2) is 0 Å². The molecule has 40 nitrogen and oxygen atoms in total. The van der Waals surface area contributed by atoms with Crippen molar-refractivity contribution in [2.75, 3.05) is 0 Å². The monoisotopic (exact) mass is 1430 g/mol. The van der Waals surface area contributed by atoms with Crippen LogP contribution in [0.4, 0.5) is 0 Å². The minimum absolute atomic E-state index is 0. The van der Waals surface area contributed by atoms with Crippen LogP contribution >= 0.6 is 78.2 Å². The van der Waals surface area contributed by atoms with E-state index in [1.54, 1.807) is 0 Å². The Morgan fingerprint density at radius 2 is 0.153 bits per heavy atom. The van der Waals surface area contributed by atoms with Crippen LogP contribution in [-0.2, 0) is 160 Å². The van der Waals surface area contributed by atoms with Crippen LogP contribution in [0.2, 0.25) is 0 Å². The van der Waals surface area contributed by atoms with Crippen molar-refractivity contribution < 1.29 is 363 Å². The van der Waals surface area contributed by atoms with E-state index in [0.717, 1.165) is 0 Å². The van der Waals surface area contributed by atoms with Crippen molar-refractivity contribution in [2.24, 2.45) is 0 Å². The molecule has 0 aliphatic rings. The first-order valence-corrected chi connectivity index (χ1v) is 21.9. The first-order valence-electron chi connectivity index (χ1n) is 7.30. The van der Waals surface area contributed by atoms with Crippen LogP contribution in [0.1, 0.15) is 0 Å². The predicted molar refractivity (Wildman–Crippen MR) is 76.1 cm³/mol. The fraction of sp³-hybridized carbons (Fsp3) is 0. The van der Waals surface area contributed by atoms with E-state index in [4.69, 9.17) is 192 Å². The number of hydrogen-bond donors (Lipinski definition) is 0. The Labute approximate surface area is 437 Å². The minimum Gasteiger partial charge on any atom is -0.822 e. The fourth-order valence-corrected chi connectivity index (χ4v) is 0. The van der Waals surface area contributed by atoms with Crippen molar-refractivity contribution >= 4 is 78.2 Å². The molecule has 0 atom stereocenters. The second-order valence-electron chi connectivity index (χ2n) is 4.47. The van der Waals surface area contributed by atoms with E-state index in [9.17, 15) is 0 Å². The molecule has 0 saturated heterocycles. The van der Waals surface area contributed by atoms with Crippen LogP contribution in [0.25, 0.3) is 0 Å². The molecule has 0 N–H and O–H groups in total. The summed E-state index contributed by atoms with van der Waals surface area (Å²) in [5, 5.41) is 0. The second kappa shape index (κ2) is 58.8. The molecule has 0 aromatic rings. The largest absolute Gasteiger partial charge is 6.00 e. The zero-order valence-electron chi connectivity index (χ0n) is 26.1. The van der Waals surface area contributed by atoms with Crippen LogP contribution in [0, 0.1) is 0 Å². The molecule has 0 heterocycles. The molecule has 0 aliphatic carbocycles. The van der Waals surface area contributed by atoms with Gasteiger partial charge in [0.1, 0.15) is 0 Å². The van der Waals surface area contributed by atoms with Gasteiger partial charge in [0, 0.05) is 0 Å². The summed E-state index contributed by atoms with van der Waals surface area (Å²) in [6.45, 7) is 0. The average Bonchev–Trinajstić information content (AvgIpc) is 2.34. The Morgan fingerprint density at radius 3 is 0.153 bits per heavy atom. The van der Waals surface area contributed by atoms with Gasteiger partial charge in [-0.3, -0.25) is 0 Å². The SMILES string of the molecule is O=P([O-])([O-])[O-].O=P([O-])([O-])[O-].O=P([O-])([O-])[O-].O=P([O-])([O-])[O-].O=P([O-])([O-])[O-].O=P([O-])([O-])[O-].O=P([O-])([O-])[O-].O=P([O-])([O-])[O-].O=P([O-])([O-])[O-].O=P([O-])([O-])[O-].[Fe+3].[Fe+3].[Fe+3].[Li+].[Li+].[Li+].[Mo+6].[Mo+6].[Mo+6]. The normalized spacial score (nSPS) is 10.0. The van der Waals surface area contributed by atoms with Crippen LogP contribution < -0.4 is 203 Å². The fourth-order valence-electron chi connectivity index (χ4n) is 0. The number of hydrogen-bond acceptors (Lipinski definition) is 40. The Morgan fingerprint density at radius 1 is 0.153 bits per heavy atom. The first kappa shape index (κ1) is 126. The van der Waals surface area contributed by atoms with Crippen molar-refractivity contribution in [2.45, 2.75) is 0 Å². The summed E-state index contributed by atoms with van der Waals surface area (Å²) in [5.41, 5.74) is 0. The maximum atomic E-state index is 8.55. The molecule has 335 valence electrons. The van der Waals surface area contributed by atoms with Crippen LogP contribution in [-0.4, -0.2) is 0 Å². The summed E-state index contributed by atoms with van der Waals surface area (Å²) in [5.74, 6) is 0. The quantitative estimate of drug-likeness (QED) is 0.160. The van der Waals surface area contributed by atoms with Gasteiger partial charge in [0.25, 0.3) is 0 Å². The molecule has 0 aromatic carbocycles. The molecule has 0 aliphatic heterocycles. The topological polar surface area (TPSA) is 862 Å². The van der Waals surface area contributed by atoms with Gasteiger partial charge in [0.15, 0.2) is 0 Å². The first-order chi connectivity index (χ1) is 20.0. The molecule has 0 unspecified atom stereocenters. The molecule has 0 saturated carbocycles. The van der Waals surface area contributed by atoms with E-state index in [0.29, 0.717) is 0 Å². The third kappa shape index (κ3) is 5940. The van der Waals surface area contributed by atoms with Crippen molar-refractivity contribution in [3.63, 3.8) is 0 Å². The van der Waals surface area contributed by atoms with E-state index in [-0.39, 0.29) is 171 Å². The molecule has 0 fully saturated rings. The summed E-state index contributed by atoms with van der Waals surface area (Å²) in [7, 11) is -53.9. The van der Waals surface area contributed by atoms with Crippen LogP contribution in [0.5, 0.6) is 0 Å². The smallest absolute Gasteiger partial charge is 0.822 e. The van der Waals surface area contributed by atoms with Gasteiger partial charge in [-0.1, -0.05) is 0 Å². The molecule has 0 bridgehead atoms. The van der Waals surface area contributed by atoms with Gasteiger partial charge in [0.2, 0.25) is 0 Å². The third-order valence-electron chi connectivity index (χ3n) is 0. The maximum Gasteiger partial charge on any atom is 6.00 e. The van der Waals surface area contributed by atoms with Crippen molar-refractivity contribution in [1.82, 2.24) is 0 Å². The van der Waals surface area contributed by atoms with E-state index < -0.39 is 78.2 Å². The van der Waals surface area contributed by atoms with Gasteiger partial charge < -0.3 is 192 Å². The molecule has 3 radical (unpaired) electrons. The average molecular weight is 1430 g/mol. The summed E-state index contributed by atoms with van der Waals surface area (Å²) in [4.78, 5) is 256. The molecule has 59 heteroatoms. The van der Waals surface area contributed by atoms with Gasteiger partial charge in [0.05, 0.1) is 0 Å². The van der Waals surface area contributed by atoms with Gasteiger partial charge in [-0.05, 0) is 0 Å². The summed E-state index contributed by atoms with van der Waals surface area (Å²) in [6, 6.07) is 0. The van der Waals surface area contributed by atoms with E-state index >= 15 is 0 Å². The van der Waals surface area contributed by atoms with E-state index in [1.165, 1.54) is 0 Å². The second-order valence-corrected chi connectivity index (χ2v) is 13.4. The van der Waals surface area contributed by atoms with Gasteiger partial charge in [-0.2, -0.15) is 78.2 Å². The molecular weight excluding hydrogens is 1430 g/mol. The Bertz CT molecular complexity index is 881. The maximum absolute atomic E-state index is 8.55. The van der Waals surface area contributed by atoms with E-state index in [1.807, 2.05) is 0 Å². The number of rotatable bonds is 0. The molecular formula is Fe3Li3Mo3O40P10. The Hall–Kier alpha value is 6.52. The molecule has 0 rings (SSSR count). The molecule has 0 aromatic heterocycles. The zero-order chi connectivity index (χ0) is 45.0. The predicted octanol–water partition coefficient (Wildman–Crippen LogP) is -37.2. The summed E-state index contributed by atoms with van der Waals surface area (Å²) >= 11 is 0. The van der Waals surface area contributed by atoms with Gasteiger partial charge in [-0.25, -0.2) is 0 Å². The zero-order valence-corrected chi connectivity index (χ0v) is 44.4. The van der Waals surface area contributed by atoms with Crippen molar-refractivity contribution in [3.05, 3.63) is 0 Å². The molecule has 0 amide bonds. The van der Waals surface area contributed by atoms with Crippen molar-refractivity contribution in [3.8, 4) is 0 Å². The number of phosphoric acid groups is 10. The standard InChI is InChI=1S/3Fe.3Li.3Mo.10H3O4P/c;;;;;;;;;10*1-5(2,3)4/h;;;;;;;;;10*(H3,1,2,3,4)/q3*+3;3*+1;3*+6;;;;;;;;;;/p-30. The van der Waals surface area contributed by atoms with Gasteiger partial charge >= 0.3 is 171 Å². The minimum atomic E-state index is -5.39. The van der Waals surface area contributed by atoms with E-state index in [2.05, 4.69) is 0 Å². The van der Waals surface area contributed by atoms with Crippen molar-refractivity contribution in [1.29, 1.82) is 0 Å². The Balaban J connectivity index is -0.0000000174. The molecule has 59 heavy (non-hydrogen) atoms. The van der Waals surface area contributed by atoms with Gasteiger partial charge in [-0.15, -0.1) is 0 Å². The summed E-state index contributed by atoms with van der Waals surface area (Å²) in [6.07, 6.45) is 0. The third-order valence-corrected chi connectivity index (χ3v) is 0. The Kier molecular flexibility index (Phi) is 126. The van der Waals surface area contributed by atoms with Crippen LogP contribution in [0.3, 0.4) is 0 Å². The molecule has 0 spiro atoms. The summed E-state index contributed by atoms with van der Waals surface area (Å²) < 4.78 is 85.5.